The second-order valence-electron chi connectivity index (χ2n) is 7.86. The molecule has 2 aromatic carbocycles. The van der Waals surface area contributed by atoms with Gasteiger partial charge in [0.25, 0.3) is 5.91 Å². The quantitative estimate of drug-likeness (QED) is 0.481. The summed E-state index contributed by atoms with van der Waals surface area (Å²) in [5, 5.41) is 4.02. The molecule has 1 atom stereocenters. The predicted molar refractivity (Wildman–Crippen MR) is 122 cm³/mol. The highest BCUT2D eigenvalue weighted by molar-refractivity contribution is 6.07. The highest BCUT2D eigenvalue weighted by Crippen LogP contribution is 2.26. The summed E-state index contributed by atoms with van der Waals surface area (Å²) in [4.78, 5) is 22.3. The molecule has 0 bridgehead atoms. The number of carbonyl (C=O) groups is 1. The van der Waals surface area contributed by atoms with Crippen molar-refractivity contribution in [3.05, 3.63) is 94.8 Å². The van der Waals surface area contributed by atoms with E-state index in [-0.39, 0.29) is 11.9 Å². The van der Waals surface area contributed by atoms with Crippen molar-refractivity contribution in [2.45, 2.75) is 33.7 Å². The number of pyridine rings is 2. The van der Waals surface area contributed by atoms with E-state index in [2.05, 4.69) is 42.3 Å². The number of aromatic nitrogens is 2. The third kappa shape index (κ3) is 3.94. The van der Waals surface area contributed by atoms with Gasteiger partial charge < -0.3 is 5.32 Å². The summed E-state index contributed by atoms with van der Waals surface area (Å²) in [6, 6.07) is 17.9. The molecule has 2 heterocycles. The Morgan fingerprint density at radius 2 is 1.80 bits per heavy atom. The van der Waals surface area contributed by atoms with Crippen LogP contribution in [0.3, 0.4) is 0 Å². The van der Waals surface area contributed by atoms with Crippen LogP contribution in [0.5, 0.6) is 0 Å². The standard InChI is InChI=1S/C26H25N3O/c1-16-7-10-24-22(12-16)23(14-25(29-24)21-6-5-11-27-15-21)26(30)28-19(4)20-9-8-17(2)18(3)13-20/h5-15,19H,1-4H3,(H,28,30)/t19-/m0/s1. The number of benzene rings is 2. The lowest BCUT2D eigenvalue weighted by Crippen LogP contribution is -2.27. The molecule has 1 N–H and O–H groups in total. The summed E-state index contributed by atoms with van der Waals surface area (Å²) in [6.45, 7) is 8.22. The SMILES string of the molecule is Cc1ccc2nc(-c3cccnc3)cc(C(=O)N[C@@H](C)c3ccc(C)c(C)c3)c2c1. The summed E-state index contributed by atoms with van der Waals surface area (Å²) in [5.41, 5.74) is 7.69. The average Bonchev–Trinajstić information content (AvgIpc) is 2.75. The Labute approximate surface area is 177 Å². The van der Waals surface area contributed by atoms with Gasteiger partial charge in [0, 0.05) is 23.3 Å². The van der Waals surface area contributed by atoms with Crippen molar-refractivity contribution in [2.24, 2.45) is 0 Å². The van der Waals surface area contributed by atoms with Crippen LogP contribution in [0, 0.1) is 20.8 Å². The van der Waals surface area contributed by atoms with E-state index in [9.17, 15) is 4.79 Å². The number of aryl methyl sites for hydroxylation is 3. The summed E-state index contributed by atoms with van der Waals surface area (Å²) in [7, 11) is 0. The molecule has 0 spiro atoms. The van der Waals surface area contributed by atoms with E-state index in [1.807, 2.05) is 50.2 Å². The zero-order valence-corrected chi connectivity index (χ0v) is 17.7. The average molecular weight is 396 g/mol. The van der Waals surface area contributed by atoms with E-state index in [0.717, 1.165) is 33.3 Å². The largest absolute Gasteiger partial charge is 0.345 e. The van der Waals surface area contributed by atoms with Gasteiger partial charge >= 0.3 is 0 Å². The zero-order valence-electron chi connectivity index (χ0n) is 17.7. The lowest BCUT2D eigenvalue weighted by atomic mass is 10.00. The van der Waals surface area contributed by atoms with Gasteiger partial charge in [-0.2, -0.15) is 0 Å². The lowest BCUT2D eigenvalue weighted by molar-refractivity contribution is 0.0941. The second-order valence-corrected chi connectivity index (χ2v) is 7.86. The monoisotopic (exact) mass is 395 g/mol. The van der Waals surface area contributed by atoms with Crippen LogP contribution in [0.1, 0.15) is 45.6 Å². The van der Waals surface area contributed by atoms with E-state index in [0.29, 0.717) is 5.56 Å². The van der Waals surface area contributed by atoms with Gasteiger partial charge in [-0.3, -0.25) is 9.78 Å². The molecule has 0 radical (unpaired) electrons. The highest BCUT2D eigenvalue weighted by Gasteiger charge is 2.17. The van der Waals surface area contributed by atoms with Crippen molar-refractivity contribution in [1.29, 1.82) is 0 Å². The van der Waals surface area contributed by atoms with Crippen molar-refractivity contribution >= 4 is 16.8 Å². The second kappa shape index (κ2) is 8.07. The first-order valence-electron chi connectivity index (χ1n) is 10.1. The Bertz CT molecular complexity index is 1230. The van der Waals surface area contributed by atoms with Gasteiger partial charge in [-0.15, -0.1) is 0 Å². The molecule has 4 heteroatoms. The molecule has 1 amide bonds. The van der Waals surface area contributed by atoms with Crippen LogP contribution in [0.25, 0.3) is 22.2 Å². The van der Waals surface area contributed by atoms with Crippen LogP contribution in [0.4, 0.5) is 0 Å². The minimum Gasteiger partial charge on any atom is -0.345 e. The third-order valence-electron chi connectivity index (χ3n) is 5.54. The van der Waals surface area contributed by atoms with Crippen molar-refractivity contribution in [3.63, 3.8) is 0 Å². The molecule has 0 aliphatic heterocycles. The number of carbonyl (C=O) groups excluding carboxylic acids is 1. The summed E-state index contributed by atoms with van der Waals surface area (Å²) in [5.74, 6) is -0.108. The first-order valence-corrected chi connectivity index (χ1v) is 10.1. The molecule has 150 valence electrons. The first-order chi connectivity index (χ1) is 14.4. The zero-order chi connectivity index (χ0) is 21.3. The fourth-order valence-electron chi connectivity index (χ4n) is 3.58. The molecule has 0 aliphatic carbocycles. The van der Waals surface area contributed by atoms with E-state index >= 15 is 0 Å². The Hall–Kier alpha value is -3.53. The molecule has 0 saturated carbocycles. The normalized spacial score (nSPS) is 12.0. The van der Waals surface area contributed by atoms with Crippen LogP contribution < -0.4 is 5.32 Å². The summed E-state index contributed by atoms with van der Waals surface area (Å²) >= 11 is 0. The first kappa shape index (κ1) is 19.8. The van der Waals surface area contributed by atoms with Gasteiger partial charge in [0.05, 0.1) is 22.8 Å². The van der Waals surface area contributed by atoms with Gasteiger partial charge in [0.15, 0.2) is 0 Å². The number of nitrogens with one attached hydrogen (secondary N) is 1. The molecule has 0 saturated heterocycles. The van der Waals surface area contributed by atoms with Gasteiger partial charge in [-0.25, -0.2) is 4.98 Å². The van der Waals surface area contributed by atoms with Crippen LogP contribution in [-0.2, 0) is 0 Å². The van der Waals surface area contributed by atoms with Crippen LogP contribution >= 0.6 is 0 Å². The maximum absolute atomic E-state index is 13.3. The molecular formula is C26H25N3O. The summed E-state index contributed by atoms with van der Waals surface area (Å²) in [6.07, 6.45) is 3.49. The maximum Gasteiger partial charge on any atom is 0.252 e. The molecule has 30 heavy (non-hydrogen) atoms. The van der Waals surface area contributed by atoms with Gasteiger partial charge in [-0.05, 0) is 74.7 Å². The Balaban J connectivity index is 1.75. The summed E-state index contributed by atoms with van der Waals surface area (Å²) < 4.78 is 0. The topological polar surface area (TPSA) is 54.9 Å². The predicted octanol–water partition coefficient (Wildman–Crippen LogP) is 5.71. The van der Waals surface area contributed by atoms with Gasteiger partial charge in [0.2, 0.25) is 0 Å². The molecule has 0 fully saturated rings. The molecule has 2 aromatic heterocycles. The Kier molecular flexibility index (Phi) is 5.32. The lowest BCUT2D eigenvalue weighted by Gasteiger charge is -2.17. The Morgan fingerprint density at radius 1 is 0.967 bits per heavy atom. The van der Waals surface area contributed by atoms with Crippen LogP contribution in [-0.4, -0.2) is 15.9 Å². The van der Waals surface area contributed by atoms with Gasteiger partial charge in [0.1, 0.15) is 0 Å². The van der Waals surface area contributed by atoms with Crippen molar-refractivity contribution in [2.75, 3.05) is 0 Å². The minimum atomic E-state index is -0.108. The van der Waals surface area contributed by atoms with Crippen molar-refractivity contribution < 1.29 is 4.79 Å². The molecule has 0 unspecified atom stereocenters. The molecule has 4 rings (SSSR count). The number of amides is 1. The number of hydrogen-bond donors (Lipinski definition) is 1. The fourth-order valence-corrected chi connectivity index (χ4v) is 3.58. The number of fused-ring (bicyclic) bond motifs is 1. The van der Waals surface area contributed by atoms with Crippen molar-refractivity contribution in [1.82, 2.24) is 15.3 Å². The fraction of sp³-hybridized carbons (Fsp3) is 0.192. The maximum atomic E-state index is 13.3. The molecular weight excluding hydrogens is 370 g/mol. The number of nitrogens with zero attached hydrogens (tertiary/aromatic N) is 2. The molecule has 4 nitrogen and oxygen atoms in total. The molecule has 4 aromatic rings. The Morgan fingerprint density at radius 3 is 2.53 bits per heavy atom. The highest BCUT2D eigenvalue weighted by atomic mass is 16.1. The molecule has 0 aliphatic rings. The van der Waals surface area contributed by atoms with Crippen molar-refractivity contribution in [3.8, 4) is 11.3 Å². The van der Waals surface area contributed by atoms with E-state index in [1.54, 1.807) is 12.4 Å². The number of rotatable bonds is 4. The van der Waals surface area contributed by atoms with Crippen LogP contribution in [0.15, 0.2) is 67.0 Å². The third-order valence-corrected chi connectivity index (χ3v) is 5.54. The smallest absolute Gasteiger partial charge is 0.252 e. The van der Waals surface area contributed by atoms with Gasteiger partial charge in [-0.1, -0.05) is 29.8 Å². The van der Waals surface area contributed by atoms with E-state index < -0.39 is 0 Å². The van der Waals surface area contributed by atoms with Crippen LogP contribution in [0.2, 0.25) is 0 Å². The van der Waals surface area contributed by atoms with E-state index in [4.69, 9.17) is 4.98 Å². The van der Waals surface area contributed by atoms with E-state index in [1.165, 1.54) is 11.1 Å². The number of hydrogen-bond acceptors (Lipinski definition) is 3. The minimum absolute atomic E-state index is 0.105.